The molecule has 0 bridgehead atoms. The van der Waals surface area contributed by atoms with Crippen LogP contribution in [0.3, 0.4) is 0 Å². The van der Waals surface area contributed by atoms with Gasteiger partial charge in [-0.3, -0.25) is 14.4 Å². The van der Waals surface area contributed by atoms with Gasteiger partial charge >= 0.3 is 17.9 Å². The van der Waals surface area contributed by atoms with Gasteiger partial charge in [-0.1, -0.05) is 44.2 Å². The lowest BCUT2D eigenvalue weighted by molar-refractivity contribution is -0.182. The number of hydrogen-bond donors (Lipinski definition) is 0. The van der Waals surface area contributed by atoms with Crippen LogP contribution in [0.25, 0.3) is 0 Å². The van der Waals surface area contributed by atoms with Gasteiger partial charge in [-0.2, -0.15) is 0 Å². The van der Waals surface area contributed by atoms with E-state index in [1.807, 2.05) is 44.2 Å². The maximum Gasteiger partial charge on any atom is 0.321 e. The molecule has 0 aliphatic heterocycles. The first kappa shape index (κ1) is 25.7. The lowest BCUT2D eigenvalue weighted by Crippen LogP contribution is -2.43. The van der Waals surface area contributed by atoms with Crippen LogP contribution in [-0.2, 0) is 35.2 Å². The maximum atomic E-state index is 13.0. The van der Waals surface area contributed by atoms with E-state index in [-0.39, 0.29) is 18.9 Å². The fourth-order valence-corrected chi connectivity index (χ4v) is 2.87. The van der Waals surface area contributed by atoms with E-state index in [0.29, 0.717) is 0 Å². The van der Waals surface area contributed by atoms with Crippen molar-refractivity contribution in [3.63, 3.8) is 0 Å². The Kier molecular flexibility index (Phi) is 9.07. The van der Waals surface area contributed by atoms with Crippen molar-refractivity contribution in [1.29, 1.82) is 0 Å². The predicted octanol–water partition coefficient (Wildman–Crippen LogP) is 4.69. The molecule has 1 aromatic rings. The summed E-state index contributed by atoms with van der Waals surface area (Å²) in [5.74, 6) is -4.52. The molecule has 0 N–H and O–H groups in total. The molecule has 1 aromatic carbocycles. The molecule has 0 spiro atoms. The van der Waals surface area contributed by atoms with Gasteiger partial charge < -0.3 is 14.2 Å². The number of ether oxygens (including phenoxy) is 3. The van der Waals surface area contributed by atoms with Gasteiger partial charge in [-0.15, -0.1) is 0 Å². The second kappa shape index (κ2) is 10.6. The molecule has 1 rings (SSSR count). The Bertz CT molecular complexity index is 681. The Morgan fingerprint density at radius 1 is 0.800 bits per heavy atom. The van der Waals surface area contributed by atoms with Crippen LogP contribution in [0.1, 0.15) is 67.4 Å². The first-order valence-corrected chi connectivity index (χ1v) is 10.4. The highest BCUT2D eigenvalue weighted by atomic mass is 16.6. The molecule has 6 heteroatoms. The van der Waals surface area contributed by atoms with Crippen LogP contribution in [0, 0.1) is 17.8 Å². The molecule has 0 amide bonds. The minimum atomic E-state index is -1.39. The lowest BCUT2D eigenvalue weighted by atomic mass is 9.85. The van der Waals surface area contributed by atoms with E-state index in [1.54, 1.807) is 41.5 Å². The zero-order valence-corrected chi connectivity index (χ0v) is 19.5. The number of hydrogen-bond acceptors (Lipinski definition) is 6. The van der Waals surface area contributed by atoms with Gasteiger partial charge in [-0.05, 0) is 59.4 Å². The van der Waals surface area contributed by atoms with Crippen molar-refractivity contribution in [3.8, 4) is 0 Å². The smallest absolute Gasteiger partial charge is 0.321 e. The zero-order chi connectivity index (χ0) is 23.1. The van der Waals surface area contributed by atoms with E-state index < -0.39 is 40.9 Å². The topological polar surface area (TPSA) is 78.9 Å². The first-order chi connectivity index (χ1) is 13.7. The van der Waals surface area contributed by atoms with Crippen LogP contribution in [0.5, 0.6) is 0 Å². The van der Waals surface area contributed by atoms with Gasteiger partial charge in [0, 0.05) is 0 Å². The lowest BCUT2D eigenvalue weighted by Gasteiger charge is -2.30. The second-order valence-electron chi connectivity index (χ2n) is 9.87. The number of esters is 3. The Morgan fingerprint density at radius 2 is 1.27 bits per heavy atom. The van der Waals surface area contributed by atoms with E-state index >= 15 is 0 Å². The molecular weight excluding hydrogens is 384 g/mol. The highest BCUT2D eigenvalue weighted by Crippen LogP contribution is 2.28. The molecule has 0 aliphatic carbocycles. The molecule has 0 heterocycles. The maximum absolute atomic E-state index is 13.0. The largest absolute Gasteiger partial charge is 0.461 e. The summed E-state index contributed by atoms with van der Waals surface area (Å²) >= 11 is 0. The standard InChI is InChI=1S/C24H36O6/c1-16(2)14-18(20(25)28-15-17-12-10-9-11-13-17)19(21(26)29-23(3,4)5)22(27)30-24(6,7)8/h9-13,16,18-19H,14-15H2,1-8H3/t18-/m1/s1. The molecular formula is C24H36O6. The highest BCUT2D eigenvalue weighted by molar-refractivity contribution is 5.99. The predicted molar refractivity (Wildman–Crippen MR) is 114 cm³/mol. The van der Waals surface area contributed by atoms with Gasteiger partial charge in [0.2, 0.25) is 0 Å². The molecule has 1 atom stereocenters. The van der Waals surface area contributed by atoms with Crippen molar-refractivity contribution in [2.75, 3.05) is 0 Å². The van der Waals surface area contributed by atoms with Crippen LogP contribution in [0.4, 0.5) is 0 Å². The molecule has 0 saturated carbocycles. The molecule has 0 aromatic heterocycles. The van der Waals surface area contributed by atoms with Gasteiger partial charge in [0.15, 0.2) is 5.92 Å². The summed E-state index contributed by atoms with van der Waals surface area (Å²) < 4.78 is 16.4. The number of rotatable bonds is 8. The Morgan fingerprint density at radius 3 is 1.67 bits per heavy atom. The Hall–Kier alpha value is -2.37. The van der Waals surface area contributed by atoms with Crippen molar-refractivity contribution in [3.05, 3.63) is 35.9 Å². The van der Waals surface area contributed by atoms with E-state index in [2.05, 4.69) is 0 Å². The van der Waals surface area contributed by atoms with Crippen LogP contribution < -0.4 is 0 Å². The van der Waals surface area contributed by atoms with Crippen LogP contribution >= 0.6 is 0 Å². The summed E-state index contributed by atoms with van der Waals surface area (Å²) in [7, 11) is 0. The molecule has 6 nitrogen and oxygen atoms in total. The Balaban J connectivity index is 3.18. The molecule has 168 valence electrons. The summed E-state index contributed by atoms with van der Waals surface area (Å²) in [5, 5.41) is 0. The van der Waals surface area contributed by atoms with Crippen LogP contribution in [0.2, 0.25) is 0 Å². The molecule has 0 fully saturated rings. The van der Waals surface area contributed by atoms with E-state index in [1.165, 1.54) is 0 Å². The number of carbonyl (C=O) groups excluding carboxylic acids is 3. The fourth-order valence-electron chi connectivity index (χ4n) is 2.87. The van der Waals surface area contributed by atoms with E-state index in [9.17, 15) is 14.4 Å². The summed E-state index contributed by atoms with van der Waals surface area (Å²) in [5.41, 5.74) is -0.804. The summed E-state index contributed by atoms with van der Waals surface area (Å²) in [6, 6.07) is 9.24. The third-order valence-corrected chi connectivity index (χ3v) is 3.98. The molecule has 30 heavy (non-hydrogen) atoms. The molecule has 0 radical (unpaired) electrons. The third kappa shape index (κ3) is 9.42. The Labute approximate surface area is 180 Å². The van der Waals surface area contributed by atoms with E-state index in [0.717, 1.165) is 5.56 Å². The van der Waals surface area contributed by atoms with Crippen molar-refractivity contribution in [1.82, 2.24) is 0 Å². The van der Waals surface area contributed by atoms with E-state index in [4.69, 9.17) is 14.2 Å². The molecule has 0 aliphatic rings. The first-order valence-electron chi connectivity index (χ1n) is 10.4. The zero-order valence-electron chi connectivity index (χ0n) is 19.5. The van der Waals surface area contributed by atoms with Crippen molar-refractivity contribution in [2.24, 2.45) is 17.8 Å². The average Bonchev–Trinajstić information content (AvgIpc) is 2.56. The monoisotopic (exact) mass is 420 g/mol. The van der Waals surface area contributed by atoms with Gasteiger partial charge in [0.05, 0.1) is 5.92 Å². The minimum Gasteiger partial charge on any atom is -0.461 e. The van der Waals surface area contributed by atoms with Gasteiger partial charge in [0.1, 0.15) is 17.8 Å². The summed E-state index contributed by atoms with van der Waals surface area (Å²) in [6.07, 6.45) is 0.288. The average molecular weight is 421 g/mol. The summed E-state index contributed by atoms with van der Waals surface area (Å²) in [6.45, 7) is 14.2. The minimum absolute atomic E-state index is 0.0478. The van der Waals surface area contributed by atoms with Crippen LogP contribution in [-0.4, -0.2) is 29.1 Å². The third-order valence-electron chi connectivity index (χ3n) is 3.98. The normalized spacial score (nSPS) is 13.1. The molecule has 0 unspecified atom stereocenters. The highest BCUT2D eigenvalue weighted by Gasteiger charge is 2.45. The van der Waals surface area contributed by atoms with Gasteiger partial charge in [-0.25, -0.2) is 0 Å². The second-order valence-corrected chi connectivity index (χ2v) is 9.87. The van der Waals surface area contributed by atoms with Crippen molar-refractivity contribution in [2.45, 2.75) is 79.6 Å². The van der Waals surface area contributed by atoms with Gasteiger partial charge in [0.25, 0.3) is 0 Å². The number of carbonyl (C=O) groups is 3. The van der Waals surface area contributed by atoms with Crippen molar-refractivity contribution >= 4 is 17.9 Å². The molecule has 0 saturated heterocycles. The quantitative estimate of drug-likeness (QED) is 0.345. The number of benzene rings is 1. The van der Waals surface area contributed by atoms with Crippen LogP contribution in [0.15, 0.2) is 30.3 Å². The SMILES string of the molecule is CC(C)C[C@@H](C(=O)OCc1ccccc1)C(C(=O)OC(C)(C)C)C(=O)OC(C)(C)C. The fraction of sp³-hybridized carbons (Fsp3) is 0.625. The summed E-state index contributed by atoms with van der Waals surface area (Å²) in [4.78, 5) is 38.9. The van der Waals surface area contributed by atoms with Crippen molar-refractivity contribution < 1.29 is 28.6 Å².